The van der Waals surface area contributed by atoms with E-state index in [1.165, 1.54) is 20.0 Å². The number of esters is 1. The third-order valence-electron chi connectivity index (χ3n) is 6.26. The number of aliphatic hydroxyl groups excluding tert-OH is 2. The highest BCUT2D eigenvalue weighted by molar-refractivity contribution is 8.00. The number of ketones is 1. The first kappa shape index (κ1) is 28.2. The number of rotatable bonds is 17. The number of Topliss-reactive ketones (excluding diaryl/α,β-unsaturated/α-hetero) is 1. The maximum Gasteiger partial charge on any atom is 0.305 e. The number of thioether (sulfide) groups is 1. The highest BCUT2D eigenvalue weighted by Crippen LogP contribution is 2.40. The van der Waals surface area contributed by atoms with Crippen LogP contribution < -0.4 is 0 Å². The summed E-state index contributed by atoms with van der Waals surface area (Å²) in [5.74, 6) is 1.40. The number of carbonyl (C=O) groups excluding carboxylic acids is 2. The van der Waals surface area contributed by atoms with Gasteiger partial charge in [-0.25, -0.2) is 0 Å². The Balaban J connectivity index is 2.59. The summed E-state index contributed by atoms with van der Waals surface area (Å²) in [6, 6.07) is 0. The molecule has 0 radical (unpaired) electrons. The molecule has 0 aromatic rings. The van der Waals surface area contributed by atoms with Crippen LogP contribution in [0.2, 0.25) is 0 Å². The molecule has 1 aliphatic carbocycles. The van der Waals surface area contributed by atoms with Crippen LogP contribution in [0.4, 0.5) is 0 Å². The van der Waals surface area contributed by atoms with Crippen LogP contribution >= 0.6 is 11.8 Å². The summed E-state index contributed by atoms with van der Waals surface area (Å²) in [6.45, 7) is 4.49. The number of methoxy groups -OCH3 is 1. The Bertz CT molecular complexity index is 536. The molecular weight excluding hydrogens is 412 g/mol. The maximum absolute atomic E-state index is 12.7. The molecule has 1 rings (SSSR count). The van der Waals surface area contributed by atoms with Crippen molar-refractivity contribution in [2.24, 2.45) is 17.8 Å². The van der Waals surface area contributed by atoms with Gasteiger partial charge in [-0.1, -0.05) is 64.5 Å². The Hall–Kier alpha value is -0.850. The lowest BCUT2D eigenvalue weighted by atomic mass is 9.88. The predicted molar refractivity (Wildman–Crippen MR) is 128 cm³/mol. The molecule has 5 atom stereocenters. The Morgan fingerprint density at radius 3 is 2.68 bits per heavy atom. The summed E-state index contributed by atoms with van der Waals surface area (Å²) in [6.07, 6.45) is 13.4. The second kappa shape index (κ2) is 16.7. The molecule has 0 aliphatic heterocycles. The number of hydrogen-bond donors (Lipinski definition) is 2. The summed E-state index contributed by atoms with van der Waals surface area (Å²) in [4.78, 5) is 23.9. The van der Waals surface area contributed by atoms with E-state index in [-0.39, 0.29) is 29.7 Å². The van der Waals surface area contributed by atoms with Crippen molar-refractivity contribution in [1.29, 1.82) is 0 Å². The molecule has 0 bridgehead atoms. The van der Waals surface area contributed by atoms with Gasteiger partial charge in [-0.3, -0.25) is 9.59 Å². The molecule has 1 fully saturated rings. The zero-order valence-corrected chi connectivity index (χ0v) is 20.6. The minimum Gasteiger partial charge on any atom is -0.469 e. The van der Waals surface area contributed by atoms with Crippen molar-refractivity contribution in [1.82, 2.24) is 0 Å². The van der Waals surface area contributed by atoms with Crippen molar-refractivity contribution in [3.8, 4) is 0 Å². The van der Waals surface area contributed by atoms with Gasteiger partial charge in [0.2, 0.25) is 0 Å². The number of aliphatic hydroxyl groups is 2. The van der Waals surface area contributed by atoms with Crippen molar-refractivity contribution >= 4 is 23.5 Å². The maximum atomic E-state index is 12.7. The van der Waals surface area contributed by atoms with Gasteiger partial charge in [-0.2, -0.15) is 11.8 Å². The molecule has 0 heterocycles. The number of hydrogen-bond acceptors (Lipinski definition) is 6. The van der Waals surface area contributed by atoms with Crippen LogP contribution in [0.25, 0.3) is 0 Å². The topological polar surface area (TPSA) is 83.8 Å². The Morgan fingerprint density at radius 1 is 1.26 bits per heavy atom. The standard InChI is InChI=1S/C25H44O5S/c1-4-5-10-19(2)17-20(27)13-14-22-21(23(28)18-24(22)31-16-15-26)11-8-6-7-9-12-25(29)30-3/h13-14,19-22,24,26-27H,4-12,15-18H2,1-3H3/b14-13+/t19?,20-,21-,22-,24-/m1/s1. The van der Waals surface area contributed by atoms with Crippen molar-refractivity contribution < 1.29 is 24.5 Å². The fourth-order valence-electron chi connectivity index (χ4n) is 4.45. The molecule has 0 aromatic heterocycles. The van der Waals surface area contributed by atoms with Crippen molar-refractivity contribution in [2.75, 3.05) is 19.5 Å². The molecule has 2 N–H and O–H groups in total. The molecule has 0 amide bonds. The molecule has 0 spiro atoms. The summed E-state index contributed by atoms with van der Waals surface area (Å²) >= 11 is 1.67. The van der Waals surface area contributed by atoms with E-state index in [0.717, 1.165) is 44.9 Å². The number of unbranched alkanes of at least 4 members (excludes halogenated alkanes) is 4. The van der Waals surface area contributed by atoms with Gasteiger partial charge in [0.1, 0.15) is 5.78 Å². The molecule has 1 unspecified atom stereocenters. The van der Waals surface area contributed by atoms with Crippen molar-refractivity contribution in [3.05, 3.63) is 12.2 Å². The van der Waals surface area contributed by atoms with Crippen molar-refractivity contribution in [3.63, 3.8) is 0 Å². The second-order valence-corrected chi connectivity index (χ2v) is 10.3. The molecule has 31 heavy (non-hydrogen) atoms. The summed E-state index contributed by atoms with van der Waals surface area (Å²) < 4.78 is 4.67. The monoisotopic (exact) mass is 456 g/mol. The minimum absolute atomic E-state index is 0.00207. The van der Waals surface area contributed by atoms with Gasteiger partial charge in [0.05, 0.1) is 19.8 Å². The van der Waals surface area contributed by atoms with Crippen LogP contribution in [-0.4, -0.2) is 52.8 Å². The van der Waals surface area contributed by atoms with Crippen LogP contribution in [0, 0.1) is 17.8 Å². The van der Waals surface area contributed by atoms with Crippen LogP contribution in [0.15, 0.2) is 12.2 Å². The fraction of sp³-hybridized carbons (Fsp3) is 0.840. The summed E-state index contributed by atoms with van der Waals surface area (Å²) in [5, 5.41) is 19.9. The third kappa shape index (κ3) is 11.5. The average Bonchev–Trinajstić information content (AvgIpc) is 3.05. The van der Waals surface area contributed by atoms with E-state index in [0.29, 0.717) is 30.3 Å². The molecule has 1 aliphatic rings. The van der Waals surface area contributed by atoms with Crippen molar-refractivity contribution in [2.45, 2.75) is 95.8 Å². The highest BCUT2D eigenvalue weighted by atomic mass is 32.2. The van der Waals surface area contributed by atoms with E-state index in [1.807, 2.05) is 6.08 Å². The van der Waals surface area contributed by atoms with E-state index in [2.05, 4.69) is 24.7 Å². The Labute approximate surface area is 193 Å². The SMILES string of the molecule is CCCCC(C)C[C@H](O)/C=C/[C@H]1[C@H](SCCO)CC(=O)[C@@H]1CCCCCCC(=O)OC. The number of carbonyl (C=O) groups is 2. The van der Waals surface area contributed by atoms with Gasteiger partial charge >= 0.3 is 5.97 Å². The van der Waals surface area contributed by atoms with E-state index in [1.54, 1.807) is 11.8 Å². The zero-order chi connectivity index (χ0) is 23.1. The summed E-state index contributed by atoms with van der Waals surface area (Å²) in [5.41, 5.74) is 0. The van der Waals surface area contributed by atoms with Crippen LogP contribution in [-0.2, 0) is 14.3 Å². The van der Waals surface area contributed by atoms with Gasteiger partial charge in [-0.15, -0.1) is 0 Å². The molecule has 180 valence electrons. The van der Waals surface area contributed by atoms with Gasteiger partial charge < -0.3 is 14.9 Å². The summed E-state index contributed by atoms with van der Waals surface area (Å²) in [7, 11) is 1.41. The van der Waals surface area contributed by atoms with Gasteiger partial charge in [0, 0.05) is 29.8 Å². The quantitative estimate of drug-likeness (QED) is 0.183. The molecular formula is C25H44O5S. The normalized spacial score (nSPS) is 23.4. The molecule has 0 saturated heterocycles. The van der Waals surface area contributed by atoms with E-state index in [4.69, 9.17) is 0 Å². The minimum atomic E-state index is -0.468. The lowest BCUT2D eigenvalue weighted by Crippen LogP contribution is -2.19. The lowest BCUT2D eigenvalue weighted by Gasteiger charge is -2.21. The molecule has 5 nitrogen and oxygen atoms in total. The first-order valence-electron chi connectivity index (χ1n) is 12.1. The van der Waals surface area contributed by atoms with Crippen LogP contribution in [0.1, 0.15) is 84.5 Å². The molecule has 1 saturated carbocycles. The third-order valence-corrected chi connectivity index (χ3v) is 7.58. The predicted octanol–water partition coefficient (Wildman–Crippen LogP) is 4.93. The van der Waals surface area contributed by atoms with E-state index >= 15 is 0 Å². The van der Waals surface area contributed by atoms with Crippen LogP contribution in [0.5, 0.6) is 0 Å². The fourth-order valence-corrected chi connectivity index (χ4v) is 5.65. The lowest BCUT2D eigenvalue weighted by molar-refractivity contribution is -0.140. The van der Waals surface area contributed by atoms with E-state index in [9.17, 15) is 19.8 Å². The first-order chi connectivity index (χ1) is 14.9. The average molecular weight is 457 g/mol. The highest BCUT2D eigenvalue weighted by Gasteiger charge is 2.40. The Morgan fingerprint density at radius 2 is 2.00 bits per heavy atom. The number of allylic oxidation sites excluding steroid dienone is 1. The van der Waals surface area contributed by atoms with E-state index < -0.39 is 6.10 Å². The molecule has 6 heteroatoms. The van der Waals surface area contributed by atoms with Gasteiger partial charge in [0.25, 0.3) is 0 Å². The zero-order valence-electron chi connectivity index (χ0n) is 19.8. The van der Waals surface area contributed by atoms with Crippen LogP contribution in [0.3, 0.4) is 0 Å². The first-order valence-corrected chi connectivity index (χ1v) is 13.2. The Kier molecular flexibility index (Phi) is 15.2. The largest absolute Gasteiger partial charge is 0.469 e. The van der Waals surface area contributed by atoms with Gasteiger partial charge in [-0.05, 0) is 31.1 Å². The molecule has 0 aromatic carbocycles. The smallest absolute Gasteiger partial charge is 0.305 e. The number of ether oxygens (including phenoxy) is 1. The second-order valence-electron chi connectivity index (χ2n) is 8.95. The van der Waals surface area contributed by atoms with Gasteiger partial charge in [0.15, 0.2) is 0 Å².